The zero-order chi connectivity index (χ0) is 20.9. The van der Waals surface area contributed by atoms with Gasteiger partial charge in [-0.15, -0.1) is 0 Å². The molecular formula is C20H21FN6O3. The summed E-state index contributed by atoms with van der Waals surface area (Å²) in [6.45, 7) is 3.44. The largest absolute Gasteiger partial charge is 0.379 e. The predicted molar refractivity (Wildman–Crippen MR) is 108 cm³/mol. The molecule has 1 aliphatic heterocycles. The number of hydrogen-bond acceptors (Lipinski definition) is 6. The van der Waals surface area contributed by atoms with Gasteiger partial charge in [-0.1, -0.05) is 0 Å². The Morgan fingerprint density at radius 2 is 2.00 bits per heavy atom. The SMILES string of the molecule is O=C(CCN1CCOCC1)Nc1cc(NC(=O)c2cc3ncccn3n2)ccc1F. The second kappa shape index (κ2) is 8.97. The Balaban J connectivity index is 1.38. The molecule has 1 aliphatic rings. The Bertz CT molecular complexity index is 1030. The van der Waals surface area contributed by atoms with Crippen LogP contribution in [0.4, 0.5) is 15.8 Å². The van der Waals surface area contributed by atoms with Crippen molar-refractivity contribution >= 4 is 28.8 Å². The smallest absolute Gasteiger partial charge is 0.276 e. The number of anilines is 2. The van der Waals surface area contributed by atoms with Crippen molar-refractivity contribution in [3.8, 4) is 0 Å². The van der Waals surface area contributed by atoms with E-state index in [-0.39, 0.29) is 23.7 Å². The van der Waals surface area contributed by atoms with Gasteiger partial charge in [0.2, 0.25) is 5.91 Å². The molecule has 0 spiro atoms. The van der Waals surface area contributed by atoms with Crippen LogP contribution in [0.3, 0.4) is 0 Å². The Morgan fingerprint density at radius 3 is 2.80 bits per heavy atom. The minimum absolute atomic E-state index is 0.0106. The number of aromatic nitrogens is 3. The van der Waals surface area contributed by atoms with Gasteiger partial charge >= 0.3 is 0 Å². The van der Waals surface area contributed by atoms with E-state index in [0.717, 1.165) is 13.1 Å². The van der Waals surface area contributed by atoms with E-state index < -0.39 is 11.7 Å². The van der Waals surface area contributed by atoms with Crippen LogP contribution in [-0.4, -0.2) is 64.2 Å². The first-order valence-electron chi connectivity index (χ1n) is 9.60. The van der Waals surface area contributed by atoms with Crippen molar-refractivity contribution in [2.75, 3.05) is 43.5 Å². The standard InChI is InChI=1S/C20H21FN6O3/c21-15-3-2-14(23-20(29)17-13-18-22-5-1-6-27(18)25-17)12-16(15)24-19(28)4-7-26-8-10-30-11-9-26/h1-3,5-6,12-13H,4,7-11H2,(H,23,29)(H,24,28). The number of nitrogens with one attached hydrogen (secondary N) is 2. The number of carbonyl (C=O) groups excluding carboxylic acids is 2. The average Bonchev–Trinajstić information content (AvgIpc) is 3.20. The first kappa shape index (κ1) is 19.9. The molecule has 4 rings (SSSR count). The molecule has 0 radical (unpaired) electrons. The molecule has 10 heteroatoms. The topological polar surface area (TPSA) is 101 Å². The third-order valence-corrected chi connectivity index (χ3v) is 4.73. The predicted octanol–water partition coefficient (Wildman–Crippen LogP) is 1.78. The van der Waals surface area contributed by atoms with Crippen LogP contribution in [0.25, 0.3) is 5.65 Å². The lowest BCUT2D eigenvalue weighted by molar-refractivity contribution is -0.116. The summed E-state index contributed by atoms with van der Waals surface area (Å²) < 4.78 is 20.9. The van der Waals surface area contributed by atoms with Crippen LogP contribution in [0.15, 0.2) is 42.7 Å². The quantitative estimate of drug-likeness (QED) is 0.640. The highest BCUT2D eigenvalue weighted by Gasteiger charge is 2.15. The van der Waals surface area contributed by atoms with Gasteiger partial charge in [-0.2, -0.15) is 5.10 Å². The van der Waals surface area contributed by atoms with E-state index in [1.807, 2.05) is 0 Å². The molecule has 2 N–H and O–H groups in total. The number of rotatable bonds is 6. The molecule has 30 heavy (non-hydrogen) atoms. The Hall–Kier alpha value is -3.37. The third kappa shape index (κ3) is 4.78. The Labute approximate surface area is 171 Å². The van der Waals surface area contributed by atoms with Crippen molar-refractivity contribution in [3.05, 3.63) is 54.2 Å². The molecule has 9 nitrogen and oxygen atoms in total. The van der Waals surface area contributed by atoms with E-state index in [9.17, 15) is 14.0 Å². The average molecular weight is 412 g/mol. The van der Waals surface area contributed by atoms with Gasteiger partial charge in [-0.25, -0.2) is 13.9 Å². The molecule has 1 aromatic carbocycles. The Morgan fingerprint density at radius 1 is 1.17 bits per heavy atom. The lowest BCUT2D eigenvalue weighted by atomic mass is 10.2. The highest BCUT2D eigenvalue weighted by molar-refractivity contribution is 6.04. The molecule has 3 aromatic rings. The molecule has 3 heterocycles. The summed E-state index contributed by atoms with van der Waals surface area (Å²) in [5, 5.41) is 9.38. The van der Waals surface area contributed by atoms with Crippen LogP contribution in [0.1, 0.15) is 16.9 Å². The molecule has 1 fully saturated rings. The summed E-state index contributed by atoms with van der Waals surface area (Å²) >= 11 is 0. The lowest BCUT2D eigenvalue weighted by Crippen LogP contribution is -2.38. The number of halogens is 1. The number of carbonyl (C=O) groups is 2. The molecule has 1 saturated heterocycles. The molecule has 0 bridgehead atoms. The maximum absolute atomic E-state index is 14.1. The van der Waals surface area contributed by atoms with Crippen molar-refractivity contribution in [1.29, 1.82) is 0 Å². The van der Waals surface area contributed by atoms with E-state index in [1.54, 1.807) is 24.5 Å². The fraction of sp³-hybridized carbons (Fsp3) is 0.300. The number of ether oxygens (including phenoxy) is 1. The number of morpholine rings is 1. The van der Waals surface area contributed by atoms with Gasteiger partial charge in [-0.05, 0) is 24.3 Å². The monoisotopic (exact) mass is 412 g/mol. The Kier molecular flexibility index (Phi) is 5.96. The molecule has 2 amide bonds. The third-order valence-electron chi connectivity index (χ3n) is 4.73. The highest BCUT2D eigenvalue weighted by Crippen LogP contribution is 2.20. The van der Waals surface area contributed by atoms with E-state index >= 15 is 0 Å². The van der Waals surface area contributed by atoms with E-state index in [0.29, 0.717) is 31.1 Å². The normalized spacial score (nSPS) is 14.6. The van der Waals surface area contributed by atoms with Crippen molar-refractivity contribution in [1.82, 2.24) is 19.5 Å². The maximum atomic E-state index is 14.1. The fourth-order valence-corrected chi connectivity index (χ4v) is 3.13. The van der Waals surface area contributed by atoms with Gasteiger partial charge in [0, 0.05) is 50.2 Å². The maximum Gasteiger partial charge on any atom is 0.276 e. The zero-order valence-corrected chi connectivity index (χ0v) is 16.2. The van der Waals surface area contributed by atoms with E-state index in [4.69, 9.17) is 4.74 Å². The number of fused-ring (bicyclic) bond motifs is 1. The molecule has 0 atom stereocenters. The van der Waals surface area contributed by atoms with Crippen molar-refractivity contribution in [2.24, 2.45) is 0 Å². The summed E-state index contributed by atoms with van der Waals surface area (Å²) in [6.07, 6.45) is 3.53. The van der Waals surface area contributed by atoms with Gasteiger partial charge in [0.05, 0.1) is 18.9 Å². The number of hydrogen-bond donors (Lipinski definition) is 2. The number of benzene rings is 1. The molecule has 2 aromatic heterocycles. The second-order valence-corrected chi connectivity index (χ2v) is 6.85. The second-order valence-electron chi connectivity index (χ2n) is 6.85. The van der Waals surface area contributed by atoms with Gasteiger partial charge < -0.3 is 15.4 Å². The van der Waals surface area contributed by atoms with Crippen LogP contribution in [0, 0.1) is 5.82 Å². The van der Waals surface area contributed by atoms with Gasteiger partial charge in [-0.3, -0.25) is 14.5 Å². The molecule has 156 valence electrons. The van der Waals surface area contributed by atoms with Crippen molar-refractivity contribution < 1.29 is 18.7 Å². The molecule has 0 unspecified atom stereocenters. The first-order chi connectivity index (χ1) is 14.6. The zero-order valence-electron chi connectivity index (χ0n) is 16.2. The lowest BCUT2D eigenvalue weighted by Gasteiger charge is -2.26. The fourth-order valence-electron chi connectivity index (χ4n) is 3.13. The number of nitrogens with zero attached hydrogens (tertiary/aromatic N) is 4. The highest BCUT2D eigenvalue weighted by atomic mass is 19.1. The van der Waals surface area contributed by atoms with Crippen LogP contribution in [-0.2, 0) is 9.53 Å². The van der Waals surface area contributed by atoms with E-state index in [1.165, 1.54) is 22.7 Å². The first-order valence-corrected chi connectivity index (χ1v) is 9.60. The minimum atomic E-state index is -0.579. The molecular weight excluding hydrogens is 391 g/mol. The van der Waals surface area contributed by atoms with Crippen LogP contribution < -0.4 is 10.6 Å². The summed E-state index contributed by atoms with van der Waals surface area (Å²) in [5.74, 6) is -1.34. The molecule has 0 saturated carbocycles. The van der Waals surface area contributed by atoms with Crippen LogP contribution >= 0.6 is 0 Å². The van der Waals surface area contributed by atoms with Crippen LogP contribution in [0.2, 0.25) is 0 Å². The number of amides is 2. The summed E-state index contributed by atoms with van der Waals surface area (Å²) in [4.78, 5) is 30.9. The van der Waals surface area contributed by atoms with Gasteiger partial charge in [0.25, 0.3) is 5.91 Å². The van der Waals surface area contributed by atoms with Crippen molar-refractivity contribution in [3.63, 3.8) is 0 Å². The van der Waals surface area contributed by atoms with Gasteiger partial charge in [0.15, 0.2) is 11.3 Å². The summed E-state index contributed by atoms with van der Waals surface area (Å²) in [6, 6.07) is 7.25. The molecule has 0 aliphatic carbocycles. The summed E-state index contributed by atoms with van der Waals surface area (Å²) in [5.41, 5.74) is 1.07. The van der Waals surface area contributed by atoms with E-state index in [2.05, 4.69) is 25.6 Å². The van der Waals surface area contributed by atoms with Crippen LogP contribution in [0.5, 0.6) is 0 Å². The van der Waals surface area contributed by atoms with Crippen molar-refractivity contribution in [2.45, 2.75) is 6.42 Å². The van der Waals surface area contributed by atoms with Gasteiger partial charge in [0.1, 0.15) is 5.82 Å². The minimum Gasteiger partial charge on any atom is -0.379 e. The summed E-state index contributed by atoms with van der Waals surface area (Å²) in [7, 11) is 0.